The molecular formula is C15H19N3O. The van der Waals surface area contributed by atoms with Crippen molar-refractivity contribution in [1.82, 2.24) is 4.98 Å². The van der Waals surface area contributed by atoms with Crippen LogP contribution in [0, 0.1) is 5.92 Å². The summed E-state index contributed by atoms with van der Waals surface area (Å²) in [4.78, 5) is 4.46. The number of aromatic nitrogens is 1. The van der Waals surface area contributed by atoms with Gasteiger partial charge in [0, 0.05) is 24.2 Å². The molecule has 0 aliphatic heterocycles. The fraction of sp³-hybridized carbons (Fsp3) is 0.400. The van der Waals surface area contributed by atoms with Gasteiger partial charge in [-0.25, -0.2) is 4.98 Å². The van der Waals surface area contributed by atoms with Crippen molar-refractivity contribution in [2.24, 2.45) is 11.7 Å². The molecule has 0 amide bonds. The van der Waals surface area contributed by atoms with Gasteiger partial charge in [-0.1, -0.05) is 6.07 Å². The number of nitrogens with zero attached hydrogens (tertiary/aromatic N) is 1. The Morgan fingerprint density at radius 3 is 2.95 bits per heavy atom. The normalized spacial score (nSPS) is 16.3. The molecule has 1 unspecified atom stereocenters. The molecule has 4 nitrogen and oxygen atoms in total. The van der Waals surface area contributed by atoms with Crippen molar-refractivity contribution < 1.29 is 4.74 Å². The van der Waals surface area contributed by atoms with Crippen LogP contribution in [-0.4, -0.2) is 24.7 Å². The first kappa shape index (κ1) is 12.2. The maximum absolute atomic E-state index is 5.85. The number of nitrogens with one attached hydrogen (secondary N) is 1. The molecule has 1 fully saturated rings. The summed E-state index contributed by atoms with van der Waals surface area (Å²) in [6, 6.07) is 8.37. The van der Waals surface area contributed by atoms with Crippen LogP contribution in [0.4, 0.5) is 5.82 Å². The summed E-state index contributed by atoms with van der Waals surface area (Å²) in [6.45, 7) is 0.646. The standard InChI is InChI=1S/C15H19N3O/c1-19-12-5-4-10-6-7-17-15(13(10)8-12)18-14(9-16)11-2-3-11/h4-8,11,14H,2-3,9,16H2,1H3,(H,17,18). The van der Waals surface area contributed by atoms with E-state index in [0.717, 1.165) is 22.3 Å². The van der Waals surface area contributed by atoms with Crippen molar-refractivity contribution in [1.29, 1.82) is 0 Å². The number of pyridine rings is 1. The molecule has 100 valence electrons. The lowest BCUT2D eigenvalue weighted by atomic mass is 10.1. The average Bonchev–Trinajstić information content (AvgIpc) is 3.29. The van der Waals surface area contributed by atoms with Gasteiger partial charge < -0.3 is 15.8 Å². The predicted molar refractivity (Wildman–Crippen MR) is 77.5 cm³/mol. The number of ether oxygens (including phenoxy) is 1. The second-order valence-electron chi connectivity index (χ2n) is 5.07. The number of nitrogens with two attached hydrogens (primary N) is 1. The van der Waals surface area contributed by atoms with E-state index < -0.39 is 0 Å². The number of benzene rings is 1. The van der Waals surface area contributed by atoms with Crippen molar-refractivity contribution in [2.45, 2.75) is 18.9 Å². The number of anilines is 1. The molecule has 1 atom stereocenters. The van der Waals surface area contributed by atoms with Crippen LogP contribution in [0.15, 0.2) is 30.5 Å². The minimum Gasteiger partial charge on any atom is -0.497 e. The minimum atomic E-state index is 0.323. The van der Waals surface area contributed by atoms with Gasteiger partial charge in [-0.2, -0.15) is 0 Å². The molecule has 0 saturated heterocycles. The highest BCUT2D eigenvalue weighted by Gasteiger charge is 2.30. The summed E-state index contributed by atoms with van der Waals surface area (Å²) in [5.41, 5.74) is 5.85. The van der Waals surface area contributed by atoms with E-state index in [4.69, 9.17) is 10.5 Å². The third kappa shape index (κ3) is 2.49. The van der Waals surface area contributed by atoms with Gasteiger partial charge in [-0.3, -0.25) is 0 Å². The Hall–Kier alpha value is -1.81. The van der Waals surface area contributed by atoms with Gasteiger partial charge in [0.1, 0.15) is 11.6 Å². The molecule has 0 bridgehead atoms. The molecule has 3 rings (SSSR count). The topological polar surface area (TPSA) is 60.2 Å². The Morgan fingerprint density at radius 2 is 2.26 bits per heavy atom. The lowest BCUT2D eigenvalue weighted by Crippen LogP contribution is -2.31. The van der Waals surface area contributed by atoms with Crippen molar-refractivity contribution in [3.8, 4) is 5.75 Å². The van der Waals surface area contributed by atoms with Gasteiger partial charge in [0.05, 0.1) is 7.11 Å². The number of hydrogen-bond donors (Lipinski definition) is 2. The molecule has 1 saturated carbocycles. The van der Waals surface area contributed by atoms with E-state index in [2.05, 4.69) is 16.4 Å². The zero-order chi connectivity index (χ0) is 13.2. The fourth-order valence-corrected chi connectivity index (χ4v) is 2.43. The van der Waals surface area contributed by atoms with E-state index in [1.165, 1.54) is 12.8 Å². The third-order valence-electron chi connectivity index (χ3n) is 3.74. The van der Waals surface area contributed by atoms with Crippen LogP contribution < -0.4 is 15.8 Å². The lowest BCUT2D eigenvalue weighted by Gasteiger charge is -2.18. The molecule has 1 aliphatic rings. The highest BCUT2D eigenvalue weighted by Crippen LogP contribution is 2.35. The summed E-state index contributed by atoms with van der Waals surface area (Å²) < 4.78 is 5.29. The molecule has 0 radical (unpaired) electrons. The average molecular weight is 257 g/mol. The van der Waals surface area contributed by atoms with E-state index in [9.17, 15) is 0 Å². The number of fused-ring (bicyclic) bond motifs is 1. The maximum Gasteiger partial charge on any atom is 0.134 e. The van der Waals surface area contributed by atoms with Crippen molar-refractivity contribution in [3.05, 3.63) is 30.5 Å². The first-order valence-electron chi connectivity index (χ1n) is 6.71. The largest absolute Gasteiger partial charge is 0.497 e. The van der Waals surface area contributed by atoms with E-state index in [-0.39, 0.29) is 0 Å². The summed E-state index contributed by atoms with van der Waals surface area (Å²) >= 11 is 0. The van der Waals surface area contributed by atoms with Crippen LogP contribution in [-0.2, 0) is 0 Å². The zero-order valence-corrected chi connectivity index (χ0v) is 11.1. The SMILES string of the molecule is COc1ccc2ccnc(NC(CN)C3CC3)c2c1. The molecule has 19 heavy (non-hydrogen) atoms. The van der Waals surface area contributed by atoms with Crippen LogP contribution in [0.25, 0.3) is 10.8 Å². The van der Waals surface area contributed by atoms with E-state index >= 15 is 0 Å². The van der Waals surface area contributed by atoms with E-state index in [1.54, 1.807) is 7.11 Å². The second kappa shape index (κ2) is 5.05. The molecule has 1 heterocycles. The van der Waals surface area contributed by atoms with Crippen molar-refractivity contribution >= 4 is 16.6 Å². The quantitative estimate of drug-likeness (QED) is 0.863. The molecule has 4 heteroatoms. The smallest absolute Gasteiger partial charge is 0.134 e. The van der Waals surface area contributed by atoms with Crippen molar-refractivity contribution in [2.75, 3.05) is 19.0 Å². The molecule has 3 N–H and O–H groups in total. The van der Waals surface area contributed by atoms with Gasteiger partial charge in [-0.05, 0) is 42.3 Å². The molecular weight excluding hydrogens is 238 g/mol. The first-order chi connectivity index (χ1) is 9.31. The van der Waals surface area contributed by atoms with Crippen LogP contribution in [0.1, 0.15) is 12.8 Å². The van der Waals surface area contributed by atoms with Crippen molar-refractivity contribution in [3.63, 3.8) is 0 Å². The van der Waals surface area contributed by atoms with E-state index in [0.29, 0.717) is 18.5 Å². The Labute approximate surface area is 113 Å². The van der Waals surface area contributed by atoms with Gasteiger partial charge in [0.25, 0.3) is 0 Å². The highest BCUT2D eigenvalue weighted by atomic mass is 16.5. The van der Waals surface area contributed by atoms with Gasteiger partial charge in [-0.15, -0.1) is 0 Å². The second-order valence-corrected chi connectivity index (χ2v) is 5.07. The third-order valence-corrected chi connectivity index (χ3v) is 3.74. The number of hydrogen-bond acceptors (Lipinski definition) is 4. The Balaban J connectivity index is 1.96. The number of rotatable bonds is 5. The lowest BCUT2D eigenvalue weighted by molar-refractivity contribution is 0.415. The van der Waals surface area contributed by atoms with E-state index in [1.807, 2.05) is 24.4 Å². The summed E-state index contributed by atoms with van der Waals surface area (Å²) in [6.07, 6.45) is 4.36. The predicted octanol–water partition coefficient (Wildman–Crippen LogP) is 2.39. The van der Waals surface area contributed by atoms with Crippen LogP contribution >= 0.6 is 0 Å². The van der Waals surface area contributed by atoms with Crippen LogP contribution in [0.5, 0.6) is 5.75 Å². The number of methoxy groups -OCH3 is 1. The van der Waals surface area contributed by atoms with Gasteiger partial charge >= 0.3 is 0 Å². The maximum atomic E-state index is 5.85. The molecule has 0 spiro atoms. The first-order valence-corrected chi connectivity index (χ1v) is 6.71. The highest BCUT2D eigenvalue weighted by molar-refractivity contribution is 5.92. The monoisotopic (exact) mass is 257 g/mol. The zero-order valence-electron chi connectivity index (χ0n) is 11.1. The molecule has 1 aliphatic carbocycles. The summed E-state index contributed by atoms with van der Waals surface area (Å²) in [5, 5.41) is 5.73. The van der Waals surface area contributed by atoms with Crippen LogP contribution in [0.3, 0.4) is 0 Å². The van der Waals surface area contributed by atoms with Gasteiger partial charge in [0.15, 0.2) is 0 Å². The minimum absolute atomic E-state index is 0.323. The van der Waals surface area contributed by atoms with Crippen LogP contribution in [0.2, 0.25) is 0 Å². The summed E-state index contributed by atoms with van der Waals surface area (Å²) in [5.74, 6) is 2.45. The Kier molecular flexibility index (Phi) is 3.25. The fourth-order valence-electron chi connectivity index (χ4n) is 2.43. The summed E-state index contributed by atoms with van der Waals surface area (Å²) in [7, 11) is 1.68. The Bertz CT molecular complexity index is 581. The Morgan fingerprint density at radius 1 is 1.42 bits per heavy atom. The molecule has 1 aromatic heterocycles. The van der Waals surface area contributed by atoms with Gasteiger partial charge in [0.2, 0.25) is 0 Å². The molecule has 1 aromatic carbocycles. The molecule has 2 aromatic rings.